The number of nitrogens with one attached hydrogen (secondary N) is 2. The Morgan fingerprint density at radius 2 is 1.97 bits per heavy atom. The van der Waals surface area contributed by atoms with Crippen LogP contribution in [0, 0.1) is 18.6 Å². The predicted molar refractivity (Wildman–Crippen MR) is 115 cm³/mol. The van der Waals surface area contributed by atoms with Crippen LogP contribution in [0.4, 0.5) is 5.69 Å². The Bertz CT molecular complexity index is 1240. The Labute approximate surface area is 177 Å². The zero-order chi connectivity index (χ0) is 21.1. The van der Waals surface area contributed by atoms with Gasteiger partial charge in [0.1, 0.15) is 0 Å². The first kappa shape index (κ1) is 19.6. The Morgan fingerprint density at radius 1 is 1.17 bits per heavy atom. The van der Waals surface area contributed by atoms with Crippen molar-refractivity contribution in [1.29, 1.82) is 0 Å². The number of H-pyrrole nitrogens is 1. The zero-order valence-electron chi connectivity index (χ0n) is 16.5. The second-order valence-electron chi connectivity index (χ2n) is 6.86. The van der Waals surface area contributed by atoms with Gasteiger partial charge < -0.3 is 5.32 Å². The molecule has 0 radical (unpaired) electrons. The molecule has 30 heavy (non-hydrogen) atoms. The second-order valence-corrected chi connectivity index (χ2v) is 7.24. The van der Waals surface area contributed by atoms with E-state index in [1.165, 1.54) is 0 Å². The van der Waals surface area contributed by atoms with Crippen molar-refractivity contribution in [2.45, 2.75) is 26.8 Å². The molecule has 2 aromatic heterocycles. The fourth-order valence-corrected chi connectivity index (χ4v) is 3.29. The Kier molecular flexibility index (Phi) is 5.48. The number of aromatic amines is 1. The smallest absolute Gasteiger partial charge is 0.226 e. The van der Waals surface area contributed by atoms with Gasteiger partial charge in [0.15, 0.2) is 16.4 Å². The number of aryl methyl sites for hydroxylation is 2. The molecule has 0 atom stereocenters. The summed E-state index contributed by atoms with van der Waals surface area (Å²) in [5.74, 6) is 1.25. The molecular weight excluding hydrogens is 400 g/mol. The van der Waals surface area contributed by atoms with E-state index in [4.69, 9.17) is 12.2 Å². The van der Waals surface area contributed by atoms with Gasteiger partial charge in [0.2, 0.25) is 5.91 Å². The molecule has 2 heterocycles. The number of carbonyl (C=O) groups is 1. The van der Waals surface area contributed by atoms with E-state index in [2.05, 4.69) is 31.0 Å². The zero-order valence-corrected chi connectivity index (χ0v) is 17.3. The van der Waals surface area contributed by atoms with E-state index < -0.39 is 0 Å². The van der Waals surface area contributed by atoms with Gasteiger partial charge in [-0.1, -0.05) is 35.9 Å². The number of hydrogen-bond donors (Lipinski definition) is 2. The molecule has 2 N–H and O–H groups in total. The number of amides is 1. The molecular formula is C20H20N8OS. The van der Waals surface area contributed by atoms with Gasteiger partial charge in [-0.3, -0.25) is 14.5 Å². The van der Waals surface area contributed by atoms with E-state index in [1.807, 2.05) is 66.9 Å². The number of anilines is 1. The number of hydrogen-bond acceptors (Lipinski definition) is 6. The molecule has 0 fully saturated rings. The molecule has 4 rings (SSSR count). The quantitative estimate of drug-likeness (QED) is 0.464. The lowest BCUT2D eigenvalue weighted by molar-refractivity contribution is -0.116. The van der Waals surface area contributed by atoms with Crippen molar-refractivity contribution in [3.05, 3.63) is 64.7 Å². The third-order valence-corrected chi connectivity index (χ3v) is 4.94. The summed E-state index contributed by atoms with van der Waals surface area (Å²) in [7, 11) is 0. The first-order chi connectivity index (χ1) is 14.5. The summed E-state index contributed by atoms with van der Waals surface area (Å²) in [5, 5.41) is 21.5. The van der Waals surface area contributed by atoms with Crippen molar-refractivity contribution in [1.82, 2.24) is 35.0 Å². The van der Waals surface area contributed by atoms with Crippen molar-refractivity contribution >= 4 is 23.8 Å². The maximum Gasteiger partial charge on any atom is 0.226 e. The highest BCUT2D eigenvalue weighted by Crippen LogP contribution is 2.19. The van der Waals surface area contributed by atoms with Crippen LogP contribution in [0.5, 0.6) is 0 Å². The molecule has 0 aliphatic rings. The van der Waals surface area contributed by atoms with Crippen LogP contribution in [0.25, 0.3) is 17.1 Å². The highest BCUT2D eigenvalue weighted by Gasteiger charge is 2.11. The first-order valence-corrected chi connectivity index (χ1v) is 9.79. The van der Waals surface area contributed by atoms with Gasteiger partial charge in [-0.05, 0) is 54.7 Å². The molecule has 0 saturated heterocycles. The number of benzene rings is 2. The Balaban J connectivity index is 1.45. The third kappa shape index (κ3) is 4.18. The molecule has 1 amide bonds. The van der Waals surface area contributed by atoms with Crippen molar-refractivity contribution in [2.24, 2.45) is 0 Å². The molecule has 0 saturated carbocycles. The average Bonchev–Trinajstić information content (AvgIpc) is 3.33. The van der Waals surface area contributed by atoms with E-state index in [0.717, 1.165) is 16.8 Å². The molecule has 9 nitrogen and oxygen atoms in total. The molecule has 0 bridgehead atoms. The van der Waals surface area contributed by atoms with Gasteiger partial charge in [-0.25, -0.2) is 0 Å². The number of nitrogens with zero attached hydrogens (tertiary/aromatic N) is 6. The minimum Gasteiger partial charge on any atom is -0.326 e. The van der Waals surface area contributed by atoms with Gasteiger partial charge in [-0.15, -0.1) is 5.10 Å². The van der Waals surface area contributed by atoms with Crippen LogP contribution in [0.15, 0.2) is 48.5 Å². The van der Waals surface area contributed by atoms with Gasteiger partial charge in [0.25, 0.3) is 0 Å². The van der Waals surface area contributed by atoms with E-state index >= 15 is 0 Å². The lowest BCUT2D eigenvalue weighted by Crippen LogP contribution is -2.15. The van der Waals surface area contributed by atoms with Crippen LogP contribution in [0.1, 0.15) is 17.8 Å². The molecule has 0 aliphatic heterocycles. The topological polar surface area (TPSA) is 106 Å². The fourth-order valence-electron chi connectivity index (χ4n) is 3.07. The SMILES string of the molecule is Cc1ccc(-c2n[nH]c(=S)n2CCC(=O)Nc2cccc(-n3nnnc3C)c2)cc1. The molecule has 0 unspecified atom stereocenters. The predicted octanol–water partition coefficient (Wildman–Crippen LogP) is 3.23. The molecule has 152 valence electrons. The van der Waals surface area contributed by atoms with Gasteiger partial charge in [-0.2, -0.15) is 9.78 Å². The summed E-state index contributed by atoms with van der Waals surface area (Å²) in [6.07, 6.45) is 0.251. The molecule has 0 aliphatic carbocycles. The van der Waals surface area contributed by atoms with Gasteiger partial charge in [0, 0.05) is 24.2 Å². The number of carbonyl (C=O) groups excluding carboxylic acids is 1. The Morgan fingerprint density at radius 3 is 2.70 bits per heavy atom. The number of rotatable bonds is 6. The average molecular weight is 421 g/mol. The van der Waals surface area contributed by atoms with Crippen molar-refractivity contribution in [3.63, 3.8) is 0 Å². The van der Waals surface area contributed by atoms with Gasteiger partial charge >= 0.3 is 0 Å². The maximum absolute atomic E-state index is 12.5. The van der Waals surface area contributed by atoms with Crippen LogP contribution < -0.4 is 5.32 Å². The molecule has 10 heteroatoms. The third-order valence-electron chi connectivity index (χ3n) is 4.63. The number of aromatic nitrogens is 7. The normalized spacial score (nSPS) is 10.9. The monoisotopic (exact) mass is 420 g/mol. The van der Waals surface area contributed by atoms with Crippen LogP contribution in [0.2, 0.25) is 0 Å². The second kappa shape index (κ2) is 8.37. The molecule has 4 aromatic rings. The highest BCUT2D eigenvalue weighted by atomic mass is 32.1. The van der Waals surface area contributed by atoms with Crippen LogP contribution in [0.3, 0.4) is 0 Å². The summed E-state index contributed by atoms with van der Waals surface area (Å²) in [4.78, 5) is 12.5. The Hall–Kier alpha value is -3.66. The summed E-state index contributed by atoms with van der Waals surface area (Å²) >= 11 is 5.35. The lowest BCUT2D eigenvalue weighted by Gasteiger charge is -2.09. The van der Waals surface area contributed by atoms with Crippen molar-refractivity contribution in [2.75, 3.05) is 5.32 Å². The summed E-state index contributed by atoms with van der Waals surface area (Å²) in [5.41, 5.74) is 3.55. The van der Waals surface area contributed by atoms with E-state index in [9.17, 15) is 4.79 Å². The lowest BCUT2D eigenvalue weighted by atomic mass is 10.1. The van der Waals surface area contributed by atoms with Gasteiger partial charge in [0.05, 0.1) is 5.69 Å². The molecule has 2 aromatic carbocycles. The summed E-state index contributed by atoms with van der Waals surface area (Å²) in [6.45, 7) is 4.25. The maximum atomic E-state index is 12.5. The van der Waals surface area contributed by atoms with Crippen LogP contribution >= 0.6 is 12.2 Å². The highest BCUT2D eigenvalue weighted by molar-refractivity contribution is 7.71. The summed E-state index contributed by atoms with van der Waals surface area (Å²) < 4.78 is 3.92. The summed E-state index contributed by atoms with van der Waals surface area (Å²) in [6, 6.07) is 15.4. The fraction of sp³-hybridized carbons (Fsp3) is 0.200. The minimum absolute atomic E-state index is 0.126. The number of tetrazole rings is 1. The molecule has 0 spiro atoms. The minimum atomic E-state index is -0.126. The largest absolute Gasteiger partial charge is 0.326 e. The standard InChI is InChI=1S/C20H20N8OS/c1-13-6-8-15(9-7-13)19-23-24-20(30)27(19)11-10-18(29)21-16-4-3-5-17(12-16)28-14(2)22-25-26-28/h3-9,12H,10-11H2,1-2H3,(H,21,29)(H,24,30). The van der Waals surface area contributed by atoms with E-state index in [-0.39, 0.29) is 12.3 Å². The van der Waals surface area contributed by atoms with Crippen LogP contribution in [-0.4, -0.2) is 40.9 Å². The van der Waals surface area contributed by atoms with E-state index in [1.54, 1.807) is 4.68 Å². The van der Waals surface area contributed by atoms with E-state index in [0.29, 0.717) is 28.7 Å². The van der Waals surface area contributed by atoms with Crippen LogP contribution in [-0.2, 0) is 11.3 Å². The van der Waals surface area contributed by atoms with Crippen molar-refractivity contribution < 1.29 is 4.79 Å². The van der Waals surface area contributed by atoms with Crippen molar-refractivity contribution in [3.8, 4) is 17.1 Å². The first-order valence-electron chi connectivity index (χ1n) is 9.39.